The Labute approximate surface area is 76.4 Å². The molecule has 1 atom stereocenters. The third-order valence-corrected chi connectivity index (χ3v) is 2.32. The van der Waals surface area contributed by atoms with Gasteiger partial charge < -0.3 is 10.2 Å². The van der Waals surface area contributed by atoms with Gasteiger partial charge in [-0.05, 0) is 12.1 Å². The highest BCUT2D eigenvalue weighted by molar-refractivity contribution is 5.85. The lowest BCUT2D eigenvalue weighted by molar-refractivity contribution is 0.793. The molecule has 3 nitrogen and oxygen atoms in total. The second-order valence-corrected chi connectivity index (χ2v) is 3.10. The lowest BCUT2D eigenvalue weighted by Crippen LogP contribution is -2.38. The minimum Gasteiger partial charge on any atom is -0.365 e. The van der Waals surface area contributed by atoms with Crippen LogP contribution in [0.2, 0.25) is 0 Å². The van der Waals surface area contributed by atoms with Crippen molar-refractivity contribution in [2.45, 2.75) is 6.17 Å². The lowest BCUT2D eigenvalue weighted by atomic mass is 10.2. The number of aliphatic imine (C=N–C) groups is 1. The fourth-order valence-corrected chi connectivity index (χ4v) is 1.68. The monoisotopic (exact) mass is 171 g/mol. The molecule has 1 N–H and O–H groups in total. The Balaban J connectivity index is 2.17. The molecule has 0 bridgehead atoms. The first-order chi connectivity index (χ1) is 6.45. The SMILES string of the molecule is C1=CN2c3ccccc3N=C[C@@H]2N1. The van der Waals surface area contributed by atoms with Crippen LogP contribution in [0.25, 0.3) is 0 Å². The van der Waals surface area contributed by atoms with Crippen molar-refractivity contribution in [2.75, 3.05) is 4.90 Å². The highest BCUT2D eigenvalue weighted by Gasteiger charge is 2.23. The van der Waals surface area contributed by atoms with Gasteiger partial charge in [0.15, 0.2) is 0 Å². The number of nitrogens with one attached hydrogen (secondary N) is 1. The molecule has 0 radical (unpaired) electrons. The van der Waals surface area contributed by atoms with E-state index in [0.717, 1.165) is 11.4 Å². The summed E-state index contributed by atoms with van der Waals surface area (Å²) in [5.41, 5.74) is 2.20. The van der Waals surface area contributed by atoms with Gasteiger partial charge in [-0.3, -0.25) is 4.99 Å². The summed E-state index contributed by atoms with van der Waals surface area (Å²) < 4.78 is 0. The molecule has 2 heterocycles. The van der Waals surface area contributed by atoms with Crippen molar-refractivity contribution < 1.29 is 0 Å². The van der Waals surface area contributed by atoms with Crippen LogP contribution in [-0.2, 0) is 0 Å². The number of fused-ring (bicyclic) bond motifs is 3. The molecule has 0 aromatic heterocycles. The highest BCUT2D eigenvalue weighted by atomic mass is 15.3. The van der Waals surface area contributed by atoms with Crippen LogP contribution < -0.4 is 10.2 Å². The zero-order valence-corrected chi connectivity index (χ0v) is 7.01. The van der Waals surface area contributed by atoms with E-state index in [4.69, 9.17) is 0 Å². The van der Waals surface area contributed by atoms with Gasteiger partial charge in [-0.25, -0.2) is 0 Å². The Morgan fingerprint density at radius 1 is 1.31 bits per heavy atom. The molecule has 1 aromatic rings. The van der Waals surface area contributed by atoms with Crippen LogP contribution >= 0.6 is 0 Å². The maximum absolute atomic E-state index is 4.37. The summed E-state index contributed by atoms with van der Waals surface area (Å²) in [6.45, 7) is 0. The van der Waals surface area contributed by atoms with Gasteiger partial charge in [0.25, 0.3) is 0 Å². The van der Waals surface area contributed by atoms with E-state index in [1.807, 2.05) is 36.8 Å². The summed E-state index contributed by atoms with van der Waals surface area (Å²) in [6, 6.07) is 8.14. The number of anilines is 1. The predicted molar refractivity (Wildman–Crippen MR) is 53.1 cm³/mol. The largest absolute Gasteiger partial charge is 0.365 e. The smallest absolute Gasteiger partial charge is 0.139 e. The quantitative estimate of drug-likeness (QED) is 0.642. The summed E-state index contributed by atoms with van der Waals surface area (Å²) in [5.74, 6) is 0. The van der Waals surface area contributed by atoms with Gasteiger partial charge in [-0.15, -0.1) is 0 Å². The first-order valence-electron chi connectivity index (χ1n) is 4.29. The molecular formula is C10H9N3. The maximum Gasteiger partial charge on any atom is 0.139 e. The molecule has 0 fully saturated rings. The number of hydrogen-bond acceptors (Lipinski definition) is 3. The van der Waals surface area contributed by atoms with Crippen LogP contribution in [0.4, 0.5) is 11.4 Å². The highest BCUT2D eigenvalue weighted by Crippen LogP contribution is 2.33. The molecule has 0 unspecified atom stereocenters. The number of para-hydroxylation sites is 2. The van der Waals surface area contributed by atoms with Gasteiger partial charge >= 0.3 is 0 Å². The molecule has 64 valence electrons. The topological polar surface area (TPSA) is 27.6 Å². The van der Waals surface area contributed by atoms with E-state index in [1.165, 1.54) is 0 Å². The molecule has 1 aromatic carbocycles. The maximum atomic E-state index is 4.37. The van der Waals surface area contributed by atoms with Crippen molar-refractivity contribution in [3.05, 3.63) is 36.7 Å². The molecule has 3 heteroatoms. The minimum absolute atomic E-state index is 0.204. The van der Waals surface area contributed by atoms with E-state index in [2.05, 4.69) is 21.3 Å². The fourth-order valence-electron chi connectivity index (χ4n) is 1.68. The number of nitrogens with zero attached hydrogens (tertiary/aromatic N) is 2. The zero-order valence-electron chi connectivity index (χ0n) is 7.01. The molecule has 0 saturated heterocycles. The Kier molecular flexibility index (Phi) is 1.22. The van der Waals surface area contributed by atoms with Crippen molar-refractivity contribution >= 4 is 17.6 Å². The second-order valence-electron chi connectivity index (χ2n) is 3.10. The standard InChI is InChI=1S/C10H9N3/c1-2-4-9-8(3-1)12-7-10-11-5-6-13(9)10/h1-7,10-11H/t10-/m1/s1. The molecular weight excluding hydrogens is 162 g/mol. The Morgan fingerprint density at radius 3 is 3.23 bits per heavy atom. The molecule has 2 aliphatic rings. The number of hydrogen-bond donors (Lipinski definition) is 1. The van der Waals surface area contributed by atoms with Crippen LogP contribution in [0.15, 0.2) is 41.7 Å². The van der Waals surface area contributed by atoms with Crippen LogP contribution in [0.1, 0.15) is 0 Å². The third kappa shape index (κ3) is 0.869. The first kappa shape index (κ1) is 6.71. The summed E-state index contributed by atoms with van der Waals surface area (Å²) in [6.07, 6.45) is 6.10. The van der Waals surface area contributed by atoms with E-state index in [0.29, 0.717) is 0 Å². The molecule has 2 aliphatic heterocycles. The van der Waals surface area contributed by atoms with Crippen LogP contribution in [-0.4, -0.2) is 12.4 Å². The van der Waals surface area contributed by atoms with Gasteiger partial charge in [0, 0.05) is 18.6 Å². The first-order valence-corrected chi connectivity index (χ1v) is 4.29. The average molecular weight is 171 g/mol. The van der Waals surface area contributed by atoms with Gasteiger partial charge in [0.1, 0.15) is 6.17 Å². The van der Waals surface area contributed by atoms with E-state index < -0.39 is 0 Å². The summed E-state index contributed by atoms with van der Waals surface area (Å²) in [5, 5.41) is 3.20. The summed E-state index contributed by atoms with van der Waals surface area (Å²) >= 11 is 0. The van der Waals surface area contributed by atoms with Gasteiger partial charge in [0.05, 0.1) is 11.4 Å². The number of benzene rings is 1. The normalized spacial score (nSPS) is 22.5. The Morgan fingerprint density at radius 2 is 2.23 bits per heavy atom. The van der Waals surface area contributed by atoms with Crippen LogP contribution in [0.3, 0.4) is 0 Å². The molecule has 0 amide bonds. The van der Waals surface area contributed by atoms with Gasteiger partial charge in [-0.2, -0.15) is 0 Å². The van der Waals surface area contributed by atoms with Crippen molar-refractivity contribution in [1.29, 1.82) is 0 Å². The van der Waals surface area contributed by atoms with E-state index in [-0.39, 0.29) is 6.17 Å². The van der Waals surface area contributed by atoms with Gasteiger partial charge in [0.2, 0.25) is 0 Å². The van der Waals surface area contributed by atoms with Crippen molar-refractivity contribution in [2.24, 2.45) is 4.99 Å². The van der Waals surface area contributed by atoms with E-state index in [1.54, 1.807) is 0 Å². The third-order valence-electron chi connectivity index (χ3n) is 2.32. The zero-order chi connectivity index (χ0) is 8.67. The molecule has 0 spiro atoms. The Hall–Kier alpha value is -1.77. The van der Waals surface area contributed by atoms with Crippen molar-refractivity contribution in [1.82, 2.24) is 5.32 Å². The molecule has 3 rings (SSSR count). The van der Waals surface area contributed by atoms with Crippen molar-refractivity contribution in [3.63, 3.8) is 0 Å². The molecule has 13 heavy (non-hydrogen) atoms. The van der Waals surface area contributed by atoms with E-state index in [9.17, 15) is 0 Å². The molecule has 0 aliphatic carbocycles. The van der Waals surface area contributed by atoms with Crippen LogP contribution in [0, 0.1) is 0 Å². The Bertz CT molecular complexity index is 395. The summed E-state index contributed by atoms with van der Waals surface area (Å²) in [7, 11) is 0. The van der Waals surface area contributed by atoms with E-state index >= 15 is 0 Å². The van der Waals surface area contributed by atoms with Crippen LogP contribution in [0.5, 0.6) is 0 Å². The summed E-state index contributed by atoms with van der Waals surface area (Å²) in [4.78, 5) is 6.54. The number of rotatable bonds is 0. The fraction of sp³-hybridized carbons (Fsp3) is 0.100. The average Bonchev–Trinajstić information content (AvgIpc) is 2.65. The predicted octanol–water partition coefficient (Wildman–Crippen LogP) is 1.61. The lowest BCUT2D eigenvalue weighted by Gasteiger charge is -2.27. The molecule has 0 saturated carbocycles. The second kappa shape index (κ2) is 2.36. The van der Waals surface area contributed by atoms with Crippen molar-refractivity contribution in [3.8, 4) is 0 Å². The minimum atomic E-state index is 0.204. The van der Waals surface area contributed by atoms with Gasteiger partial charge in [-0.1, -0.05) is 12.1 Å².